The Morgan fingerprint density at radius 1 is 0.960 bits per heavy atom. The van der Waals surface area contributed by atoms with Crippen molar-refractivity contribution in [2.24, 2.45) is 0 Å². The average molecular weight is 338 g/mol. The van der Waals surface area contributed by atoms with Crippen molar-refractivity contribution < 1.29 is 8.81 Å². The molecule has 2 aromatic carbocycles. The largest absolute Gasteiger partial charge is 0.422 e. The normalized spacial score (nSPS) is 15.6. The highest BCUT2D eigenvalue weighted by atomic mass is 19.1. The molecule has 4 rings (SSSR count). The minimum atomic E-state index is -0.282. The first kappa shape index (κ1) is 15.8. The van der Waals surface area contributed by atoms with Gasteiger partial charge in [0.25, 0.3) is 0 Å². The number of piperazine rings is 1. The Kier molecular flexibility index (Phi) is 4.24. The summed E-state index contributed by atoms with van der Waals surface area (Å²) in [4.78, 5) is 16.4. The predicted molar refractivity (Wildman–Crippen MR) is 96.4 cm³/mol. The molecule has 2 heterocycles. The van der Waals surface area contributed by atoms with Crippen molar-refractivity contribution in [1.29, 1.82) is 0 Å². The van der Waals surface area contributed by atoms with Gasteiger partial charge in [-0.3, -0.25) is 4.90 Å². The average Bonchev–Trinajstić information content (AvgIpc) is 2.63. The van der Waals surface area contributed by atoms with Crippen molar-refractivity contribution in [3.05, 3.63) is 76.4 Å². The Morgan fingerprint density at radius 2 is 1.68 bits per heavy atom. The zero-order valence-corrected chi connectivity index (χ0v) is 13.8. The molecule has 1 fully saturated rings. The number of fused-ring (bicyclic) bond motifs is 1. The Hall–Kier alpha value is -2.66. The summed E-state index contributed by atoms with van der Waals surface area (Å²) in [5, 5.41) is 0.932. The lowest BCUT2D eigenvalue weighted by molar-refractivity contribution is 0.246. The molecule has 1 aliphatic heterocycles. The zero-order chi connectivity index (χ0) is 17.2. The molecule has 0 spiro atoms. The van der Waals surface area contributed by atoms with E-state index in [1.165, 1.54) is 6.07 Å². The van der Waals surface area contributed by atoms with E-state index in [9.17, 15) is 9.18 Å². The summed E-state index contributed by atoms with van der Waals surface area (Å²) in [6.07, 6.45) is 0. The Bertz CT molecular complexity index is 946. The van der Waals surface area contributed by atoms with Crippen LogP contribution >= 0.6 is 0 Å². The van der Waals surface area contributed by atoms with Gasteiger partial charge in [-0.1, -0.05) is 30.3 Å². The van der Waals surface area contributed by atoms with Crippen molar-refractivity contribution in [2.75, 3.05) is 31.1 Å². The van der Waals surface area contributed by atoms with Crippen LogP contribution in [0, 0.1) is 5.82 Å². The van der Waals surface area contributed by atoms with Gasteiger partial charge in [-0.15, -0.1) is 0 Å². The van der Waals surface area contributed by atoms with Gasteiger partial charge in [0.05, 0.1) is 11.3 Å². The summed E-state index contributed by atoms with van der Waals surface area (Å²) in [6.45, 7) is 3.58. The first-order valence-corrected chi connectivity index (χ1v) is 8.44. The molecule has 1 aliphatic rings. The lowest BCUT2D eigenvalue weighted by Crippen LogP contribution is -2.46. The van der Waals surface area contributed by atoms with E-state index >= 15 is 0 Å². The van der Waals surface area contributed by atoms with Crippen LogP contribution in [0.25, 0.3) is 11.0 Å². The zero-order valence-electron chi connectivity index (χ0n) is 13.8. The van der Waals surface area contributed by atoms with Crippen molar-refractivity contribution in [3.8, 4) is 0 Å². The maximum atomic E-state index is 13.9. The van der Waals surface area contributed by atoms with E-state index in [1.807, 2.05) is 36.4 Å². The van der Waals surface area contributed by atoms with Crippen LogP contribution in [0.15, 0.2) is 63.8 Å². The molecular formula is C20H19FN2O2. The van der Waals surface area contributed by atoms with E-state index in [-0.39, 0.29) is 11.4 Å². The number of rotatable bonds is 3. The molecule has 0 amide bonds. The maximum absolute atomic E-state index is 13.9. The fourth-order valence-corrected chi connectivity index (χ4v) is 3.31. The summed E-state index contributed by atoms with van der Waals surface area (Å²) in [5.41, 5.74) is 1.64. The van der Waals surface area contributed by atoms with Gasteiger partial charge in [-0.25, -0.2) is 9.18 Å². The summed E-state index contributed by atoms with van der Waals surface area (Å²) in [6, 6.07) is 16.3. The quantitative estimate of drug-likeness (QED) is 0.687. The summed E-state index contributed by atoms with van der Waals surface area (Å²) >= 11 is 0. The predicted octanol–water partition coefficient (Wildman–Crippen LogP) is 3.25. The molecule has 0 radical (unpaired) electrons. The van der Waals surface area contributed by atoms with Gasteiger partial charge in [-0.2, -0.15) is 0 Å². The van der Waals surface area contributed by atoms with E-state index < -0.39 is 0 Å². The molecule has 5 heteroatoms. The molecule has 4 nitrogen and oxygen atoms in total. The second kappa shape index (κ2) is 6.69. The van der Waals surface area contributed by atoms with Crippen LogP contribution in [0.1, 0.15) is 5.56 Å². The molecule has 128 valence electrons. The van der Waals surface area contributed by atoms with Crippen LogP contribution in [-0.4, -0.2) is 31.1 Å². The van der Waals surface area contributed by atoms with Crippen LogP contribution in [0.4, 0.5) is 10.1 Å². The number of hydrogen-bond donors (Lipinski definition) is 0. The first-order valence-electron chi connectivity index (χ1n) is 8.44. The molecule has 0 aliphatic carbocycles. The Labute approximate surface area is 145 Å². The molecule has 1 aromatic heterocycles. The highest BCUT2D eigenvalue weighted by Crippen LogP contribution is 2.21. The van der Waals surface area contributed by atoms with Crippen molar-refractivity contribution in [3.63, 3.8) is 0 Å². The van der Waals surface area contributed by atoms with E-state index in [0.717, 1.165) is 31.6 Å². The lowest BCUT2D eigenvalue weighted by atomic mass is 10.1. The smallest absolute Gasteiger partial charge is 0.340 e. The second-order valence-electron chi connectivity index (χ2n) is 6.31. The van der Waals surface area contributed by atoms with E-state index in [2.05, 4.69) is 9.80 Å². The number of halogens is 1. The van der Waals surface area contributed by atoms with Crippen LogP contribution in [0.3, 0.4) is 0 Å². The summed E-state index contributed by atoms with van der Waals surface area (Å²) in [5.74, 6) is -0.189. The number of nitrogens with zero attached hydrogens (tertiary/aromatic N) is 2. The van der Waals surface area contributed by atoms with Crippen molar-refractivity contribution in [1.82, 2.24) is 4.90 Å². The Morgan fingerprint density at radius 3 is 2.48 bits per heavy atom. The molecular weight excluding hydrogens is 319 g/mol. The summed E-state index contributed by atoms with van der Waals surface area (Å²) < 4.78 is 19.3. The maximum Gasteiger partial charge on any atom is 0.340 e. The molecule has 0 N–H and O–H groups in total. The molecule has 0 saturated carbocycles. The number of benzene rings is 2. The highest BCUT2D eigenvalue weighted by Gasteiger charge is 2.20. The van der Waals surface area contributed by atoms with Gasteiger partial charge in [0.2, 0.25) is 0 Å². The minimum Gasteiger partial charge on any atom is -0.422 e. The third-order valence-corrected chi connectivity index (χ3v) is 4.67. The van der Waals surface area contributed by atoms with Gasteiger partial charge >= 0.3 is 5.63 Å². The minimum absolute atomic E-state index is 0.189. The monoisotopic (exact) mass is 338 g/mol. The molecule has 1 saturated heterocycles. The van der Waals surface area contributed by atoms with Crippen LogP contribution in [-0.2, 0) is 6.54 Å². The SMILES string of the molecule is O=c1oc2ccccc2cc1CN1CCN(c2ccccc2F)CC1. The molecule has 25 heavy (non-hydrogen) atoms. The number of hydrogen-bond acceptors (Lipinski definition) is 4. The number of anilines is 1. The standard InChI is InChI=1S/C20H19FN2O2/c21-17-6-2-3-7-18(17)23-11-9-22(10-12-23)14-16-13-15-5-1-4-8-19(15)25-20(16)24/h1-8,13H,9-12,14H2. The topological polar surface area (TPSA) is 36.7 Å². The van der Waals surface area contributed by atoms with Gasteiger partial charge in [0.1, 0.15) is 11.4 Å². The summed E-state index contributed by atoms with van der Waals surface area (Å²) in [7, 11) is 0. The highest BCUT2D eigenvalue weighted by molar-refractivity contribution is 5.76. The fraction of sp³-hybridized carbons (Fsp3) is 0.250. The first-order chi connectivity index (χ1) is 12.2. The third-order valence-electron chi connectivity index (χ3n) is 4.67. The van der Waals surface area contributed by atoms with Crippen molar-refractivity contribution in [2.45, 2.75) is 6.54 Å². The van der Waals surface area contributed by atoms with Crippen LogP contribution < -0.4 is 10.5 Å². The third kappa shape index (κ3) is 3.28. The molecule has 0 unspecified atom stereocenters. The van der Waals surface area contributed by atoms with Gasteiger partial charge < -0.3 is 9.32 Å². The van der Waals surface area contributed by atoms with Crippen molar-refractivity contribution >= 4 is 16.7 Å². The molecule has 0 bridgehead atoms. The fourth-order valence-electron chi connectivity index (χ4n) is 3.31. The van der Waals surface area contributed by atoms with Gasteiger partial charge in [0, 0.05) is 38.1 Å². The molecule has 0 atom stereocenters. The number of para-hydroxylation sites is 2. The van der Waals surface area contributed by atoms with E-state index in [1.54, 1.807) is 12.1 Å². The van der Waals surface area contributed by atoms with E-state index in [4.69, 9.17) is 4.42 Å². The lowest BCUT2D eigenvalue weighted by Gasteiger charge is -2.36. The van der Waals surface area contributed by atoms with Gasteiger partial charge in [-0.05, 0) is 24.3 Å². The molecule has 3 aromatic rings. The van der Waals surface area contributed by atoms with Crippen LogP contribution in [0.5, 0.6) is 0 Å². The van der Waals surface area contributed by atoms with Gasteiger partial charge in [0.15, 0.2) is 0 Å². The second-order valence-corrected chi connectivity index (χ2v) is 6.31. The Balaban J connectivity index is 1.46. The van der Waals surface area contributed by atoms with Crippen LogP contribution in [0.2, 0.25) is 0 Å². The van der Waals surface area contributed by atoms with E-state index in [0.29, 0.717) is 23.4 Å².